The normalized spacial score (nSPS) is 12.1. The quantitative estimate of drug-likeness (QED) is 0.176. The van der Waals surface area contributed by atoms with Gasteiger partial charge in [0, 0.05) is 51.6 Å². The van der Waals surface area contributed by atoms with Gasteiger partial charge in [-0.3, -0.25) is 9.13 Å². The van der Waals surface area contributed by atoms with Crippen LogP contribution in [0, 0.1) is 17.9 Å². The minimum absolute atomic E-state index is 0.0264. The number of hydrogen-bond acceptors (Lipinski definition) is 4. The van der Waals surface area contributed by atoms with E-state index in [1.807, 2.05) is 85.2 Å². The third-order valence-corrected chi connectivity index (χ3v) is 9.64. The highest BCUT2D eigenvalue weighted by atomic mass is 16.5. The number of fused-ring (bicyclic) bond motifs is 6. The van der Waals surface area contributed by atoms with Crippen molar-refractivity contribution in [2.75, 3.05) is 0 Å². The SMILES string of the molecule is [C-]#[N+]c1ccc2c3ccc(Oc4ccc5c6ccc(C#N)cc6n(-c6ccc(C(C)(C)C)cn6)c5c4)cc3n(-c3ccc(C(C)(C)C)cn3)c2c1. The van der Waals surface area contributed by atoms with Crippen molar-refractivity contribution in [1.82, 2.24) is 19.1 Å². The summed E-state index contributed by atoms with van der Waals surface area (Å²) in [5.41, 5.74) is 7.09. The molecule has 8 rings (SSSR count). The number of hydrogen-bond donors (Lipinski definition) is 0. The van der Waals surface area contributed by atoms with Crippen LogP contribution in [0.25, 0.3) is 60.1 Å². The molecule has 0 aliphatic carbocycles. The van der Waals surface area contributed by atoms with E-state index in [1.165, 1.54) is 0 Å². The average Bonchev–Trinajstić information content (AvgIpc) is 3.61. The van der Waals surface area contributed by atoms with Crippen molar-refractivity contribution < 1.29 is 4.74 Å². The molecule has 4 aromatic heterocycles. The lowest BCUT2D eigenvalue weighted by atomic mass is 9.88. The molecule has 4 heterocycles. The zero-order valence-electron chi connectivity index (χ0n) is 29.5. The molecule has 0 saturated heterocycles. The minimum atomic E-state index is -0.0284. The van der Waals surface area contributed by atoms with E-state index in [1.54, 1.807) is 0 Å². The molecule has 7 nitrogen and oxygen atoms in total. The second-order valence-corrected chi connectivity index (χ2v) is 15.1. The molecular formula is C44H36N6O. The second kappa shape index (κ2) is 11.6. The number of benzene rings is 4. The van der Waals surface area contributed by atoms with Gasteiger partial charge in [0.1, 0.15) is 23.1 Å². The van der Waals surface area contributed by atoms with Crippen LogP contribution in [-0.4, -0.2) is 19.1 Å². The Balaban J connectivity index is 1.27. The van der Waals surface area contributed by atoms with Gasteiger partial charge in [0.05, 0.1) is 34.8 Å². The number of aromatic nitrogens is 4. The summed E-state index contributed by atoms with van der Waals surface area (Å²) in [6.07, 6.45) is 3.87. The van der Waals surface area contributed by atoms with Crippen LogP contribution >= 0.6 is 0 Å². The van der Waals surface area contributed by atoms with Gasteiger partial charge in [0.25, 0.3) is 0 Å². The summed E-state index contributed by atoms with van der Waals surface area (Å²) in [6, 6.07) is 34.4. The highest BCUT2D eigenvalue weighted by molar-refractivity contribution is 6.11. The fourth-order valence-corrected chi connectivity index (χ4v) is 6.80. The van der Waals surface area contributed by atoms with Gasteiger partial charge < -0.3 is 4.74 Å². The largest absolute Gasteiger partial charge is 0.457 e. The summed E-state index contributed by atoms with van der Waals surface area (Å²) in [6.45, 7) is 20.7. The molecule has 8 aromatic rings. The van der Waals surface area contributed by atoms with E-state index in [-0.39, 0.29) is 10.8 Å². The first kappa shape index (κ1) is 31.8. The topological polar surface area (TPSA) is 73.0 Å². The molecule has 0 atom stereocenters. The van der Waals surface area contributed by atoms with E-state index in [0.717, 1.165) is 66.4 Å². The molecule has 0 radical (unpaired) electrons. The van der Waals surface area contributed by atoms with Crippen molar-refractivity contribution in [1.29, 1.82) is 5.26 Å². The number of nitrogens with zero attached hydrogens (tertiary/aromatic N) is 6. The van der Waals surface area contributed by atoms with Gasteiger partial charge in [-0.05, 0) is 76.6 Å². The van der Waals surface area contributed by atoms with Crippen LogP contribution in [0.3, 0.4) is 0 Å². The standard InChI is InChI=1S/C44H36N6O/c1-43(2,3)28-9-18-41(47-25-28)49-37-20-27(24-45)8-14-33(37)35-16-12-31(22-39(35)49)51-32-13-17-36-34-15-11-30(46-7)21-38(34)50(40(36)23-32)42-19-10-29(26-48-42)44(4,5)6/h8-23,25-26H,1-6H3. The van der Waals surface area contributed by atoms with Crippen LogP contribution in [0.2, 0.25) is 0 Å². The number of nitriles is 1. The first-order chi connectivity index (χ1) is 24.4. The lowest BCUT2D eigenvalue weighted by Crippen LogP contribution is -2.11. The molecule has 0 bridgehead atoms. The van der Waals surface area contributed by atoms with Gasteiger partial charge in [-0.15, -0.1) is 0 Å². The van der Waals surface area contributed by atoms with E-state index in [2.05, 4.69) is 85.9 Å². The third kappa shape index (κ3) is 5.44. The molecule has 0 spiro atoms. The highest BCUT2D eigenvalue weighted by Gasteiger charge is 2.20. The zero-order valence-corrected chi connectivity index (χ0v) is 29.5. The summed E-state index contributed by atoms with van der Waals surface area (Å²) < 4.78 is 10.8. The van der Waals surface area contributed by atoms with Crippen LogP contribution in [0.5, 0.6) is 11.5 Å². The Kier molecular flexibility index (Phi) is 7.22. The molecule has 0 N–H and O–H groups in total. The summed E-state index contributed by atoms with van der Waals surface area (Å²) >= 11 is 0. The van der Waals surface area contributed by atoms with Crippen molar-refractivity contribution in [2.45, 2.75) is 52.4 Å². The molecule has 4 aromatic carbocycles. The maximum atomic E-state index is 9.74. The van der Waals surface area contributed by atoms with Gasteiger partial charge in [-0.25, -0.2) is 14.8 Å². The molecule has 0 saturated carbocycles. The van der Waals surface area contributed by atoms with Gasteiger partial charge in [-0.1, -0.05) is 71.9 Å². The summed E-state index contributed by atoms with van der Waals surface area (Å²) in [5.74, 6) is 2.88. The highest BCUT2D eigenvalue weighted by Crippen LogP contribution is 2.39. The minimum Gasteiger partial charge on any atom is -0.457 e. The van der Waals surface area contributed by atoms with E-state index in [9.17, 15) is 5.26 Å². The Bertz CT molecular complexity index is 2550. The summed E-state index contributed by atoms with van der Waals surface area (Å²) in [7, 11) is 0. The maximum absolute atomic E-state index is 9.74. The average molecular weight is 665 g/mol. The third-order valence-electron chi connectivity index (χ3n) is 9.64. The van der Waals surface area contributed by atoms with Gasteiger partial charge in [0.2, 0.25) is 0 Å². The lowest BCUT2D eigenvalue weighted by Gasteiger charge is -2.19. The van der Waals surface area contributed by atoms with Crippen LogP contribution < -0.4 is 4.74 Å². The van der Waals surface area contributed by atoms with E-state index < -0.39 is 0 Å². The Morgan fingerprint density at radius 3 is 1.47 bits per heavy atom. The van der Waals surface area contributed by atoms with Crippen molar-refractivity contribution in [3.63, 3.8) is 0 Å². The van der Waals surface area contributed by atoms with Crippen molar-refractivity contribution in [3.8, 4) is 29.2 Å². The zero-order chi connectivity index (χ0) is 35.7. The first-order valence-corrected chi connectivity index (χ1v) is 17.0. The predicted octanol–water partition coefficient (Wildman–Crippen LogP) is 11.5. The van der Waals surface area contributed by atoms with E-state index in [0.29, 0.717) is 22.7 Å². The van der Waals surface area contributed by atoms with E-state index >= 15 is 0 Å². The fraction of sp³-hybridized carbons (Fsp3) is 0.182. The fourth-order valence-electron chi connectivity index (χ4n) is 6.80. The van der Waals surface area contributed by atoms with Crippen LogP contribution in [0.1, 0.15) is 58.2 Å². The Morgan fingerprint density at radius 1 is 0.588 bits per heavy atom. The molecule has 248 valence electrons. The number of ether oxygens (including phenoxy) is 1. The molecule has 0 aliphatic heterocycles. The Morgan fingerprint density at radius 2 is 1.04 bits per heavy atom. The first-order valence-electron chi connectivity index (χ1n) is 17.0. The molecular weight excluding hydrogens is 629 g/mol. The molecule has 0 fully saturated rings. The lowest BCUT2D eigenvalue weighted by molar-refractivity contribution is 0.484. The van der Waals surface area contributed by atoms with Crippen molar-refractivity contribution >= 4 is 49.3 Å². The van der Waals surface area contributed by atoms with Crippen molar-refractivity contribution in [2.24, 2.45) is 0 Å². The molecule has 7 heteroatoms. The van der Waals surface area contributed by atoms with Crippen LogP contribution in [0.4, 0.5) is 5.69 Å². The predicted molar refractivity (Wildman–Crippen MR) is 206 cm³/mol. The van der Waals surface area contributed by atoms with Gasteiger partial charge >= 0.3 is 0 Å². The van der Waals surface area contributed by atoms with Crippen molar-refractivity contribution in [3.05, 3.63) is 138 Å². The summed E-state index contributed by atoms with van der Waals surface area (Å²) in [5, 5.41) is 13.9. The number of rotatable bonds is 4. The second-order valence-electron chi connectivity index (χ2n) is 15.1. The van der Waals surface area contributed by atoms with E-state index in [4.69, 9.17) is 21.3 Å². The maximum Gasteiger partial charge on any atom is 0.189 e. The number of pyridine rings is 2. The smallest absolute Gasteiger partial charge is 0.189 e. The molecule has 0 aliphatic rings. The monoisotopic (exact) mass is 664 g/mol. The molecule has 0 amide bonds. The Hall–Kier alpha value is -6.44. The van der Waals surface area contributed by atoms with Gasteiger partial charge in [0.15, 0.2) is 5.69 Å². The summed E-state index contributed by atoms with van der Waals surface area (Å²) in [4.78, 5) is 13.5. The Labute approximate surface area is 296 Å². The van der Waals surface area contributed by atoms with Gasteiger partial charge in [-0.2, -0.15) is 5.26 Å². The van der Waals surface area contributed by atoms with Crippen LogP contribution in [-0.2, 0) is 10.8 Å². The molecule has 51 heavy (non-hydrogen) atoms. The molecule has 0 unspecified atom stereocenters. The van der Waals surface area contributed by atoms with Crippen LogP contribution in [0.15, 0.2) is 109 Å².